The Morgan fingerprint density at radius 2 is 2.07 bits per heavy atom. The predicted octanol–water partition coefficient (Wildman–Crippen LogP) is 0.145. The van der Waals surface area contributed by atoms with Crippen molar-refractivity contribution in [1.29, 1.82) is 0 Å². The maximum Gasteiger partial charge on any atom is 0.253 e. The molecule has 0 bridgehead atoms. The van der Waals surface area contributed by atoms with Crippen LogP contribution in [0.25, 0.3) is 5.57 Å². The molecule has 0 radical (unpaired) electrons. The molecular formula is C9H17N6+. The number of imidazole rings is 1. The quantitative estimate of drug-likeness (QED) is 0.477. The van der Waals surface area contributed by atoms with Gasteiger partial charge in [0.1, 0.15) is 12.7 Å². The first kappa shape index (κ1) is 10.0. The molecule has 6 N–H and O–H groups in total. The van der Waals surface area contributed by atoms with Crippen molar-refractivity contribution in [2.75, 3.05) is 18.0 Å². The lowest BCUT2D eigenvalue weighted by molar-refractivity contribution is 0.222. The van der Waals surface area contributed by atoms with E-state index in [0.29, 0.717) is 18.3 Å². The van der Waals surface area contributed by atoms with Crippen molar-refractivity contribution in [3.8, 4) is 0 Å². The molecule has 6 nitrogen and oxygen atoms in total. The van der Waals surface area contributed by atoms with Gasteiger partial charge in [-0.25, -0.2) is 0 Å². The van der Waals surface area contributed by atoms with Gasteiger partial charge in [0.05, 0.1) is 0 Å². The van der Waals surface area contributed by atoms with E-state index in [0.717, 1.165) is 17.7 Å². The molecule has 0 spiro atoms. The molecule has 1 aliphatic heterocycles. The number of hydrogen-bond donors (Lipinski definition) is 3. The van der Waals surface area contributed by atoms with Crippen LogP contribution in [0.5, 0.6) is 0 Å². The second-order valence-electron chi connectivity index (χ2n) is 3.73. The first-order valence-electron chi connectivity index (χ1n) is 5.06. The van der Waals surface area contributed by atoms with Crippen LogP contribution in [0, 0.1) is 0 Å². The Labute approximate surface area is 88.5 Å². The van der Waals surface area contributed by atoms with Gasteiger partial charge in [0.25, 0.3) is 5.95 Å². The lowest BCUT2D eigenvalue weighted by Gasteiger charge is -2.24. The molecule has 2 rings (SSSR count). The molecule has 15 heavy (non-hydrogen) atoms. The minimum atomic E-state index is 0.133. The third-order valence-corrected chi connectivity index (χ3v) is 2.85. The number of fused-ring (bicyclic) bond motifs is 1. The van der Waals surface area contributed by atoms with Gasteiger partial charge in [-0.15, -0.1) is 9.38 Å². The van der Waals surface area contributed by atoms with Crippen LogP contribution < -0.4 is 22.0 Å². The number of hydrogen-bond acceptors (Lipinski definition) is 4. The van der Waals surface area contributed by atoms with Gasteiger partial charge in [0, 0.05) is 5.57 Å². The van der Waals surface area contributed by atoms with Crippen LogP contribution >= 0.6 is 0 Å². The van der Waals surface area contributed by atoms with Gasteiger partial charge < -0.3 is 11.5 Å². The number of allylic oxidation sites excluding steroid dienone is 1. The third-order valence-electron chi connectivity index (χ3n) is 2.85. The highest BCUT2D eigenvalue weighted by Gasteiger charge is 2.38. The fraction of sp³-hybridized carbons (Fsp3) is 0.444. The molecule has 0 fully saturated rings. The van der Waals surface area contributed by atoms with E-state index in [9.17, 15) is 0 Å². The molecule has 1 atom stereocenters. The van der Waals surface area contributed by atoms with Crippen molar-refractivity contribution in [2.24, 2.45) is 5.84 Å². The Hall–Kier alpha value is -1.53. The first-order valence-corrected chi connectivity index (χ1v) is 5.06. The zero-order chi connectivity index (χ0) is 11.2. The third kappa shape index (κ3) is 1.15. The SMILES string of the molecule is CCC1=C[N+](N)(CC)n2c(N)nc(N)c21. The number of aromatic nitrogens is 2. The molecule has 0 saturated carbocycles. The summed E-state index contributed by atoms with van der Waals surface area (Å²) in [5.74, 6) is 7.02. The number of quaternary nitrogens is 1. The van der Waals surface area contributed by atoms with Gasteiger partial charge in [0.15, 0.2) is 11.5 Å². The molecule has 1 aromatic heterocycles. The highest BCUT2D eigenvalue weighted by Crippen LogP contribution is 2.34. The summed E-state index contributed by atoms with van der Waals surface area (Å²) in [6, 6.07) is 0. The Bertz CT molecular complexity index is 432. The Kier molecular flexibility index (Phi) is 1.99. The number of nitrogens with two attached hydrogens (primary N) is 3. The molecule has 0 aliphatic carbocycles. The second kappa shape index (κ2) is 2.98. The lowest BCUT2D eigenvalue weighted by atomic mass is 10.1. The van der Waals surface area contributed by atoms with Crippen molar-refractivity contribution in [3.05, 3.63) is 11.9 Å². The van der Waals surface area contributed by atoms with Crippen molar-refractivity contribution < 1.29 is 0 Å². The smallest absolute Gasteiger partial charge is 0.253 e. The summed E-state index contributed by atoms with van der Waals surface area (Å²) in [5, 5.41) is 0. The van der Waals surface area contributed by atoms with E-state index in [1.165, 1.54) is 0 Å². The van der Waals surface area contributed by atoms with Gasteiger partial charge >= 0.3 is 0 Å². The van der Waals surface area contributed by atoms with Crippen LogP contribution in [-0.4, -0.2) is 16.2 Å². The zero-order valence-corrected chi connectivity index (χ0v) is 9.07. The van der Waals surface area contributed by atoms with E-state index >= 15 is 0 Å². The van der Waals surface area contributed by atoms with Crippen molar-refractivity contribution in [3.63, 3.8) is 0 Å². The van der Waals surface area contributed by atoms with Gasteiger partial charge in [0.2, 0.25) is 0 Å². The van der Waals surface area contributed by atoms with Crippen LogP contribution in [-0.2, 0) is 0 Å². The van der Waals surface area contributed by atoms with Crippen LogP contribution in [0.3, 0.4) is 0 Å². The Balaban J connectivity index is 2.68. The van der Waals surface area contributed by atoms with E-state index in [2.05, 4.69) is 11.9 Å². The first-order chi connectivity index (χ1) is 7.03. The summed E-state index contributed by atoms with van der Waals surface area (Å²) in [6.45, 7) is 4.76. The maximum absolute atomic E-state index is 6.20. The van der Waals surface area contributed by atoms with Crippen LogP contribution in [0.4, 0.5) is 11.8 Å². The molecule has 2 heterocycles. The minimum absolute atomic E-state index is 0.133. The molecule has 0 amide bonds. The standard InChI is InChI=1S/C9H17N6/c1-3-6-5-15(12,4-2)14-7(6)8(10)13-9(14)11/h5H,3-4,10,12H2,1-2H3,(H2,11,13)/q+1. The van der Waals surface area contributed by atoms with Crippen LogP contribution in [0.15, 0.2) is 6.20 Å². The number of nitrogens with zero attached hydrogens (tertiary/aromatic N) is 3. The molecule has 6 heteroatoms. The van der Waals surface area contributed by atoms with Crippen LogP contribution in [0.2, 0.25) is 0 Å². The molecule has 1 aliphatic rings. The summed E-state index contributed by atoms with van der Waals surface area (Å²) in [6.07, 6.45) is 2.84. The van der Waals surface area contributed by atoms with Gasteiger partial charge in [-0.3, -0.25) is 0 Å². The second-order valence-corrected chi connectivity index (χ2v) is 3.73. The summed E-state index contributed by atoms with van der Waals surface area (Å²) in [4.78, 5) is 4.06. The average Bonchev–Trinajstić information content (AvgIpc) is 2.67. The highest BCUT2D eigenvalue weighted by molar-refractivity contribution is 5.75. The van der Waals surface area contributed by atoms with Crippen LogP contribution in [0.1, 0.15) is 26.0 Å². The molecule has 1 aromatic rings. The lowest BCUT2D eigenvalue weighted by Crippen LogP contribution is -2.58. The van der Waals surface area contributed by atoms with E-state index in [-0.39, 0.29) is 4.70 Å². The topological polar surface area (TPSA) is 95.9 Å². The molecular weight excluding hydrogens is 192 g/mol. The van der Waals surface area contributed by atoms with E-state index in [4.69, 9.17) is 17.3 Å². The van der Waals surface area contributed by atoms with Crippen molar-refractivity contribution in [1.82, 2.24) is 14.4 Å². The largest absolute Gasteiger partial charge is 0.382 e. The van der Waals surface area contributed by atoms with E-state index in [1.807, 2.05) is 13.1 Å². The van der Waals surface area contributed by atoms with E-state index < -0.39 is 0 Å². The average molecular weight is 209 g/mol. The van der Waals surface area contributed by atoms with E-state index in [1.54, 1.807) is 4.68 Å². The molecule has 0 aromatic carbocycles. The van der Waals surface area contributed by atoms with Gasteiger partial charge in [-0.2, -0.15) is 10.8 Å². The number of anilines is 2. The fourth-order valence-corrected chi connectivity index (χ4v) is 2.00. The molecule has 0 saturated heterocycles. The van der Waals surface area contributed by atoms with Crippen molar-refractivity contribution in [2.45, 2.75) is 20.3 Å². The summed E-state index contributed by atoms with van der Waals surface area (Å²) < 4.78 is 1.91. The normalized spacial score (nSPS) is 24.1. The Morgan fingerprint density at radius 3 is 2.60 bits per heavy atom. The van der Waals surface area contributed by atoms with Gasteiger partial charge in [-0.05, 0) is 13.3 Å². The minimum Gasteiger partial charge on any atom is -0.382 e. The monoisotopic (exact) mass is 209 g/mol. The maximum atomic E-state index is 6.20. The van der Waals surface area contributed by atoms with Gasteiger partial charge in [-0.1, -0.05) is 6.92 Å². The zero-order valence-electron chi connectivity index (χ0n) is 9.07. The summed E-state index contributed by atoms with van der Waals surface area (Å²) >= 11 is 0. The fourth-order valence-electron chi connectivity index (χ4n) is 2.00. The summed E-state index contributed by atoms with van der Waals surface area (Å²) in [5.41, 5.74) is 13.6. The molecule has 82 valence electrons. The Morgan fingerprint density at radius 1 is 1.40 bits per heavy atom. The summed E-state index contributed by atoms with van der Waals surface area (Å²) in [7, 11) is 0. The van der Waals surface area contributed by atoms with Crippen molar-refractivity contribution >= 4 is 17.3 Å². The molecule has 1 unspecified atom stereocenters. The predicted molar refractivity (Wildman–Crippen MR) is 61.6 cm³/mol. The number of rotatable bonds is 2. The number of nitrogen functional groups attached to an aromatic ring is 2. The highest BCUT2D eigenvalue weighted by atomic mass is 15.8.